The number of nitrogens with one attached hydrogen (secondary N) is 3. The fraction of sp³-hybridized carbons (Fsp3) is 0.594. The highest BCUT2D eigenvalue weighted by atomic mass is 16.2. The number of hydrogen-bond acceptors (Lipinski definition) is 7. The largest absolute Gasteiger partial charge is 0.355 e. The minimum absolute atomic E-state index is 0.0213. The highest BCUT2D eigenvalue weighted by Crippen LogP contribution is 2.31. The zero-order chi connectivity index (χ0) is 30.5. The van der Waals surface area contributed by atoms with E-state index in [0.717, 1.165) is 49.3 Å². The van der Waals surface area contributed by atoms with E-state index < -0.39 is 0 Å². The molecule has 2 fully saturated rings. The van der Waals surface area contributed by atoms with Crippen molar-refractivity contribution in [2.75, 3.05) is 39.0 Å². The Balaban J connectivity index is 0.000000465. The molecular formula is C32H53N7O2. The van der Waals surface area contributed by atoms with E-state index in [1.165, 1.54) is 32.1 Å². The second-order valence-electron chi connectivity index (χ2n) is 10.1. The van der Waals surface area contributed by atoms with Crippen LogP contribution in [-0.4, -0.2) is 65.4 Å². The molecule has 3 N–H and O–H groups in total. The second kappa shape index (κ2) is 21.4. The Kier molecular flexibility index (Phi) is 18.7. The lowest BCUT2D eigenvalue weighted by Gasteiger charge is -2.20. The summed E-state index contributed by atoms with van der Waals surface area (Å²) in [5.74, 6) is 2.03. The van der Waals surface area contributed by atoms with Crippen molar-refractivity contribution >= 4 is 29.7 Å². The van der Waals surface area contributed by atoms with Crippen molar-refractivity contribution < 1.29 is 9.59 Å². The number of anilines is 2. The Morgan fingerprint density at radius 3 is 2.44 bits per heavy atom. The highest BCUT2D eigenvalue weighted by Gasteiger charge is 2.20. The molecular weight excluding hydrogens is 514 g/mol. The number of carbonyl (C=O) groups is 2. The number of likely N-dealkylation sites (N-methyl/N-ethyl adjacent to an activating group) is 1. The summed E-state index contributed by atoms with van der Waals surface area (Å²) >= 11 is 0. The van der Waals surface area contributed by atoms with Crippen LogP contribution in [-0.2, 0) is 9.59 Å². The molecule has 228 valence electrons. The molecule has 9 heteroatoms. The van der Waals surface area contributed by atoms with Gasteiger partial charge >= 0.3 is 0 Å². The van der Waals surface area contributed by atoms with Gasteiger partial charge in [-0.25, -0.2) is 15.0 Å². The molecule has 9 nitrogen and oxygen atoms in total. The first kappa shape index (κ1) is 35.7. The fourth-order valence-electron chi connectivity index (χ4n) is 4.40. The van der Waals surface area contributed by atoms with Crippen LogP contribution in [0.4, 0.5) is 11.8 Å². The summed E-state index contributed by atoms with van der Waals surface area (Å²) in [5.41, 5.74) is 2.50. The maximum atomic E-state index is 12.3. The molecule has 0 unspecified atom stereocenters. The van der Waals surface area contributed by atoms with Crippen molar-refractivity contribution in [2.45, 2.75) is 86.0 Å². The standard InChI is InChI=1S/C20H25N5O.C7H14N2O.C3H8.C2H6/c1-14-17(12-16(19(26)21-2)11-15-7-3-4-8-15)13-23-20(24-14)25-18-9-5-6-10-22-18;1-9-6-2-4-8-5-3-7(9)10;1-3-2;1-2/h5-6,9-10,12-13,15H,3-4,7-8,11H2,1-2H3,(H,21,26)(H,22,23,24,25);8H,2-6H2,1H3;3H2,1-2H3;1-2H3/b16-12+;;;. The normalized spacial score (nSPS) is 15.5. The molecule has 1 saturated heterocycles. The van der Waals surface area contributed by atoms with E-state index in [1.54, 1.807) is 24.3 Å². The molecule has 3 heterocycles. The average molecular weight is 568 g/mol. The predicted octanol–water partition coefficient (Wildman–Crippen LogP) is 5.90. The van der Waals surface area contributed by atoms with E-state index in [2.05, 4.69) is 44.7 Å². The highest BCUT2D eigenvalue weighted by molar-refractivity contribution is 5.97. The summed E-state index contributed by atoms with van der Waals surface area (Å²) in [7, 11) is 3.54. The molecule has 0 atom stereocenters. The molecule has 0 radical (unpaired) electrons. The van der Waals surface area contributed by atoms with Gasteiger partial charge in [-0.3, -0.25) is 9.59 Å². The first-order valence-corrected chi connectivity index (χ1v) is 15.3. The molecule has 2 aromatic rings. The lowest BCUT2D eigenvalue weighted by molar-refractivity contribution is -0.130. The predicted molar refractivity (Wildman–Crippen MR) is 170 cm³/mol. The lowest BCUT2D eigenvalue weighted by atomic mass is 9.96. The quantitative estimate of drug-likeness (QED) is 0.372. The van der Waals surface area contributed by atoms with Crippen LogP contribution in [0.2, 0.25) is 0 Å². The third kappa shape index (κ3) is 14.2. The van der Waals surface area contributed by atoms with Crippen molar-refractivity contribution in [1.82, 2.24) is 30.5 Å². The number of aryl methyl sites for hydroxylation is 1. The first-order valence-electron chi connectivity index (χ1n) is 15.3. The van der Waals surface area contributed by atoms with Gasteiger partial charge in [0, 0.05) is 57.1 Å². The number of hydrogen-bond donors (Lipinski definition) is 3. The molecule has 1 aliphatic carbocycles. The number of rotatable bonds is 6. The third-order valence-corrected chi connectivity index (χ3v) is 6.54. The Hall–Kier alpha value is -3.33. The van der Waals surface area contributed by atoms with E-state index >= 15 is 0 Å². The van der Waals surface area contributed by atoms with Crippen molar-refractivity contribution in [1.29, 1.82) is 0 Å². The van der Waals surface area contributed by atoms with Crippen LogP contribution >= 0.6 is 0 Å². The van der Waals surface area contributed by atoms with Crippen molar-refractivity contribution in [3.63, 3.8) is 0 Å². The van der Waals surface area contributed by atoms with Gasteiger partial charge < -0.3 is 20.9 Å². The van der Waals surface area contributed by atoms with Gasteiger partial charge in [-0.05, 0) is 50.4 Å². The summed E-state index contributed by atoms with van der Waals surface area (Å²) in [6, 6.07) is 5.62. The topological polar surface area (TPSA) is 112 Å². The smallest absolute Gasteiger partial charge is 0.246 e. The van der Waals surface area contributed by atoms with Crippen LogP contribution in [0.5, 0.6) is 0 Å². The van der Waals surface area contributed by atoms with Crippen LogP contribution in [0.3, 0.4) is 0 Å². The van der Waals surface area contributed by atoms with Gasteiger partial charge in [0.1, 0.15) is 5.82 Å². The molecule has 2 amide bonds. The van der Waals surface area contributed by atoms with Crippen LogP contribution in [0, 0.1) is 12.8 Å². The Morgan fingerprint density at radius 1 is 1.12 bits per heavy atom. The van der Waals surface area contributed by atoms with E-state index in [0.29, 0.717) is 24.1 Å². The summed E-state index contributed by atoms with van der Waals surface area (Å²) in [5, 5.41) is 9.03. The zero-order valence-corrected chi connectivity index (χ0v) is 26.4. The molecule has 0 bridgehead atoms. The number of carbonyl (C=O) groups excluding carboxylic acids is 2. The SMILES string of the molecule is CC.CCC.CN1CCCNCCC1=O.CNC(=O)/C(=C/c1cnc(Nc2ccccn2)nc1C)CC1CCCC1. The zero-order valence-electron chi connectivity index (χ0n) is 26.4. The molecule has 1 saturated carbocycles. The maximum Gasteiger partial charge on any atom is 0.246 e. The van der Waals surface area contributed by atoms with Gasteiger partial charge in [-0.2, -0.15) is 0 Å². The summed E-state index contributed by atoms with van der Waals surface area (Å²) < 4.78 is 0. The van der Waals surface area contributed by atoms with Crippen molar-refractivity contribution in [3.8, 4) is 0 Å². The van der Waals surface area contributed by atoms with Crippen LogP contribution in [0.25, 0.3) is 6.08 Å². The number of amides is 2. The van der Waals surface area contributed by atoms with Crippen LogP contribution in [0.1, 0.15) is 90.3 Å². The summed E-state index contributed by atoms with van der Waals surface area (Å²) in [4.78, 5) is 38.2. The molecule has 41 heavy (non-hydrogen) atoms. The van der Waals surface area contributed by atoms with Gasteiger partial charge in [-0.1, -0.05) is 65.9 Å². The minimum atomic E-state index is -0.0213. The van der Waals surface area contributed by atoms with Crippen molar-refractivity contribution in [2.24, 2.45) is 5.92 Å². The monoisotopic (exact) mass is 567 g/mol. The van der Waals surface area contributed by atoms with E-state index in [4.69, 9.17) is 0 Å². The molecule has 0 aromatic carbocycles. The maximum absolute atomic E-state index is 12.3. The Morgan fingerprint density at radius 2 is 1.83 bits per heavy atom. The van der Waals surface area contributed by atoms with Gasteiger partial charge in [-0.15, -0.1) is 0 Å². The number of nitrogens with zero attached hydrogens (tertiary/aromatic N) is 4. The molecule has 0 spiro atoms. The summed E-state index contributed by atoms with van der Waals surface area (Å²) in [6.07, 6.45) is 14.1. The molecule has 2 aromatic heterocycles. The molecule has 2 aliphatic rings. The fourth-order valence-corrected chi connectivity index (χ4v) is 4.40. The first-order chi connectivity index (χ1) is 19.9. The average Bonchev–Trinajstić information content (AvgIpc) is 3.50. The van der Waals surface area contributed by atoms with Crippen molar-refractivity contribution in [3.05, 3.63) is 47.4 Å². The van der Waals surface area contributed by atoms with Gasteiger partial charge in [0.25, 0.3) is 0 Å². The Bertz CT molecular complexity index is 1040. The number of pyridine rings is 1. The Labute approximate surface area is 248 Å². The van der Waals surface area contributed by atoms with Crippen LogP contribution < -0.4 is 16.0 Å². The molecule has 4 rings (SSSR count). The third-order valence-electron chi connectivity index (χ3n) is 6.54. The minimum Gasteiger partial charge on any atom is -0.355 e. The molecule has 1 aliphatic heterocycles. The van der Waals surface area contributed by atoms with Crippen LogP contribution in [0.15, 0.2) is 36.2 Å². The van der Waals surface area contributed by atoms with Gasteiger partial charge in [0.15, 0.2) is 0 Å². The van der Waals surface area contributed by atoms with Gasteiger partial charge in [0.2, 0.25) is 17.8 Å². The van der Waals surface area contributed by atoms with E-state index in [1.807, 2.05) is 52.1 Å². The van der Waals surface area contributed by atoms with E-state index in [-0.39, 0.29) is 11.8 Å². The van der Waals surface area contributed by atoms with Gasteiger partial charge in [0.05, 0.1) is 5.69 Å². The summed E-state index contributed by atoms with van der Waals surface area (Å²) in [6.45, 7) is 12.9. The number of aromatic nitrogens is 3. The lowest BCUT2D eigenvalue weighted by Crippen LogP contribution is -2.35. The van der Waals surface area contributed by atoms with E-state index in [9.17, 15) is 9.59 Å². The second-order valence-corrected chi connectivity index (χ2v) is 10.1.